The minimum atomic E-state index is -0.537. The first-order valence-electron chi connectivity index (χ1n) is 7.29. The van der Waals surface area contributed by atoms with Gasteiger partial charge in [-0.15, -0.1) is 0 Å². The molecule has 1 N–H and O–H groups in total. The summed E-state index contributed by atoms with van der Waals surface area (Å²) in [7, 11) is 0. The highest BCUT2D eigenvalue weighted by Gasteiger charge is 2.23. The van der Waals surface area contributed by atoms with Gasteiger partial charge < -0.3 is 14.6 Å². The summed E-state index contributed by atoms with van der Waals surface area (Å²) in [6.45, 7) is 4.31. The van der Waals surface area contributed by atoms with Gasteiger partial charge in [-0.1, -0.05) is 35.9 Å². The molecule has 2 aromatic rings. The maximum absolute atomic E-state index is 9.76. The van der Waals surface area contributed by atoms with Crippen LogP contribution in [0.2, 0.25) is 0 Å². The van der Waals surface area contributed by atoms with Crippen molar-refractivity contribution in [1.29, 1.82) is 0 Å². The van der Waals surface area contributed by atoms with Crippen LogP contribution in [0.1, 0.15) is 29.7 Å². The maximum Gasteiger partial charge on any atom is 0.137 e. The molecule has 3 heteroatoms. The predicted molar refractivity (Wildman–Crippen MR) is 81.9 cm³/mol. The second-order valence-electron chi connectivity index (χ2n) is 5.58. The number of benzene rings is 2. The third-order valence-corrected chi connectivity index (χ3v) is 3.75. The van der Waals surface area contributed by atoms with Crippen LogP contribution in [0.15, 0.2) is 42.5 Å². The van der Waals surface area contributed by atoms with Crippen LogP contribution < -0.4 is 9.47 Å². The average Bonchev–Trinajstić information content (AvgIpc) is 2.87. The molecule has 110 valence electrons. The van der Waals surface area contributed by atoms with Crippen molar-refractivity contribution >= 4 is 0 Å². The molecule has 0 fully saturated rings. The highest BCUT2D eigenvalue weighted by atomic mass is 16.5. The summed E-state index contributed by atoms with van der Waals surface area (Å²) in [6.07, 6.45) is 0.364. The fourth-order valence-electron chi connectivity index (χ4n) is 2.68. The van der Waals surface area contributed by atoms with E-state index < -0.39 is 6.10 Å². The molecule has 0 aliphatic carbocycles. The smallest absolute Gasteiger partial charge is 0.137 e. The van der Waals surface area contributed by atoms with Crippen LogP contribution in [-0.4, -0.2) is 17.8 Å². The molecular formula is C18H20O3. The Kier molecular flexibility index (Phi) is 3.84. The van der Waals surface area contributed by atoms with Crippen molar-refractivity contribution in [2.24, 2.45) is 0 Å². The van der Waals surface area contributed by atoms with Gasteiger partial charge in [0.2, 0.25) is 0 Å². The maximum atomic E-state index is 9.76. The van der Waals surface area contributed by atoms with Crippen molar-refractivity contribution in [3.8, 4) is 11.5 Å². The summed E-state index contributed by atoms with van der Waals surface area (Å²) in [5.41, 5.74) is 3.30. The summed E-state index contributed by atoms with van der Waals surface area (Å²) in [4.78, 5) is 0. The van der Waals surface area contributed by atoms with Gasteiger partial charge in [0.05, 0.1) is 6.10 Å². The highest BCUT2D eigenvalue weighted by molar-refractivity contribution is 5.40. The lowest BCUT2D eigenvalue weighted by atomic mass is 10.1. The Morgan fingerprint density at radius 3 is 2.90 bits per heavy atom. The standard InChI is InChI=1S/C18H20O3/c1-12-7-8-17-14(9-12)10-15(21-17)11-20-18-6-4-3-5-16(18)13(2)19/h3-9,13,15,19H,10-11H2,1-2H3/t13-,15?/m1/s1. The second kappa shape index (κ2) is 5.78. The van der Waals surface area contributed by atoms with Crippen LogP contribution >= 0.6 is 0 Å². The first kappa shape index (κ1) is 14.0. The van der Waals surface area contributed by atoms with Crippen LogP contribution in [0, 0.1) is 6.92 Å². The predicted octanol–water partition coefficient (Wildman–Crippen LogP) is 3.43. The first-order valence-corrected chi connectivity index (χ1v) is 7.29. The fourth-order valence-corrected chi connectivity index (χ4v) is 2.68. The lowest BCUT2D eigenvalue weighted by molar-refractivity contribution is 0.141. The fraction of sp³-hybridized carbons (Fsp3) is 0.333. The number of hydrogen-bond donors (Lipinski definition) is 1. The topological polar surface area (TPSA) is 38.7 Å². The quantitative estimate of drug-likeness (QED) is 0.935. The molecule has 0 radical (unpaired) electrons. The Labute approximate surface area is 125 Å². The Balaban J connectivity index is 1.65. The SMILES string of the molecule is Cc1ccc2c(c1)CC(COc1ccccc1[C@@H](C)O)O2. The van der Waals surface area contributed by atoms with Gasteiger partial charge in [0, 0.05) is 12.0 Å². The molecule has 0 bridgehead atoms. The third kappa shape index (κ3) is 3.03. The van der Waals surface area contributed by atoms with Crippen LogP contribution in [0.25, 0.3) is 0 Å². The minimum Gasteiger partial charge on any atom is -0.489 e. The van der Waals surface area contributed by atoms with Gasteiger partial charge in [-0.2, -0.15) is 0 Å². The van der Waals surface area contributed by atoms with E-state index in [0.29, 0.717) is 6.61 Å². The zero-order valence-corrected chi connectivity index (χ0v) is 12.4. The largest absolute Gasteiger partial charge is 0.489 e. The van der Waals surface area contributed by atoms with Gasteiger partial charge in [-0.25, -0.2) is 0 Å². The van der Waals surface area contributed by atoms with Crippen molar-refractivity contribution in [2.75, 3.05) is 6.61 Å². The Hall–Kier alpha value is -2.00. The number of para-hydroxylation sites is 1. The van der Waals surface area contributed by atoms with Crippen molar-refractivity contribution < 1.29 is 14.6 Å². The molecular weight excluding hydrogens is 264 g/mol. The molecule has 0 saturated heterocycles. The van der Waals surface area contributed by atoms with Gasteiger partial charge in [-0.05, 0) is 31.5 Å². The molecule has 2 atom stereocenters. The molecule has 3 nitrogen and oxygen atoms in total. The summed E-state index contributed by atoms with van der Waals surface area (Å²) in [5.74, 6) is 1.68. The van der Waals surface area contributed by atoms with E-state index in [2.05, 4.69) is 19.1 Å². The summed E-state index contributed by atoms with van der Waals surface area (Å²) >= 11 is 0. The Morgan fingerprint density at radius 2 is 2.10 bits per heavy atom. The molecule has 0 saturated carbocycles. The second-order valence-corrected chi connectivity index (χ2v) is 5.58. The number of aliphatic hydroxyl groups excluding tert-OH is 1. The van der Waals surface area contributed by atoms with E-state index in [1.54, 1.807) is 6.92 Å². The van der Waals surface area contributed by atoms with Gasteiger partial charge in [0.25, 0.3) is 0 Å². The van der Waals surface area contributed by atoms with E-state index in [1.807, 2.05) is 30.3 Å². The van der Waals surface area contributed by atoms with Crippen molar-refractivity contribution in [3.63, 3.8) is 0 Å². The van der Waals surface area contributed by atoms with Crippen LogP contribution in [0.4, 0.5) is 0 Å². The van der Waals surface area contributed by atoms with E-state index in [9.17, 15) is 5.11 Å². The molecule has 1 heterocycles. The number of aryl methyl sites for hydroxylation is 1. The first-order chi connectivity index (χ1) is 10.1. The molecule has 0 spiro atoms. The van der Waals surface area contributed by atoms with Gasteiger partial charge in [0.1, 0.15) is 24.2 Å². The molecule has 3 rings (SSSR count). The number of aliphatic hydroxyl groups is 1. The zero-order chi connectivity index (χ0) is 14.8. The number of ether oxygens (including phenoxy) is 2. The third-order valence-electron chi connectivity index (χ3n) is 3.75. The normalized spacial score (nSPS) is 18.0. The molecule has 0 aromatic heterocycles. The van der Waals surface area contributed by atoms with E-state index in [0.717, 1.165) is 23.5 Å². The molecule has 1 unspecified atom stereocenters. The molecule has 0 amide bonds. The summed E-state index contributed by atoms with van der Waals surface area (Å²) in [6, 6.07) is 13.8. The molecule has 21 heavy (non-hydrogen) atoms. The lowest BCUT2D eigenvalue weighted by Gasteiger charge is -2.16. The number of rotatable bonds is 4. The van der Waals surface area contributed by atoms with Crippen LogP contribution in [0.5, 0.6) is 11.5 Å². The summed E-state index contributed by atoms with van der Waals surface area (Å²) < 4.78 is 11.8. The Morgan fingerprint density at radius 1 is 1.29 bits per heavy atom. The molecule has 2 aromatic carbocycles. The number of hydrogen-bond acceptors (Lipinski definition) is 3. The number of fused-ring (bicyclic) bond motifs is 1. The van der Waals surface area contributed by atoms with E-state index in [-0.39, 0.29) is 6.10 Å². The van der Waals surface area contributed by atoms with Crippen molar-refractivity contribution in [1.82, 2.24) is 0 Å². The van der Waals surface area contributed by atoms with Gasteiger partial charge >= 0.3 is 0 Å². The van der Waals surface area contributed by atoms with Gasteiger partial charge in [0.15, 0.2) is 0 Å². The van der Waals surface area contributed by atoms with Crippen LogP contribution in [-0.2, 0) is 6.42 Å². The van der Waals surface area contributed by atoms with E-state index >= 15 is 0 Å². The van der Waals surface area contributed by atoms with Gasteiger partial charge in [-0.3, -0.25) is 0 Å². The van der Waals surface area contributed by atoms with E-state index in [4.69, 9.17) is 9.47 Å². The van der Waals surface area contributed by atoms with Crippen molar-refractivity contribution in [2.45, 2.75) is 32.5 Å². The zero-order valence-electron chi connectivity index (χ0n) is 12.4. The molecule has 1 aliphatic heterocycles. The average molecular weight is 284 g/mol. The molecule has 1 aliphatic rings. The summed E-state index contributed by atoms with van der Waals surface area (Å²) in [5, 5.41) is 9.76. The minimum absolute atomic E-state index is 0.0313. The van der Waals surface area contributed by atoms with Crippen molar-refractivity contribution in [3.05, 3.63) is 59.2 Å². The monoisotopic (exact) mass is 284 g/mol. The Bertz CT molecular complexity index is 634. The van der Waals surface area contributed by atoms with Crippen LogP contribution in [0.3, 0.4) is 0 Å². The van der Waals surface area contributed by atoms with E-state index in [1.165, 1.54) is 11.1 Å². The lowest BCUT2D eigenvalue weighted by Crippen LogP contribution is -2.22. The highest BCUT2D eigenvalue weighted by Crippen LogP contribution is 2.30.